The summed E-state index contributed by atoms with van der Waals surface area (Å²) < 4.78 is 5.17. The summed E-state index contributed by atoms with van der Waals surface area (Å²) in [7, 11) is 1.72. The van der Waals surface area contributed by atoms with E-state index in [1.807, 2.05) is 6.92 Å². The summed E-state index contributed by atoms with van der Waals surface area (Å²) in [4.78, 5) is 13.9. The van der Waals surface area contributed by atoms with E-state index in [4.69, 9.17) is 4.74 Å². The van der Waals surface area contributed by atoms with Gasteiger partial charge >= 0.3 is 6.03 Å². The number of carbonyl (C=O) groups excluding carboxylic acids is 1. The largest absolute Gasteiger partial charge is 0.391 e. The van der Waals surface area contributed by atoms with Crippen molar-refractivity contribution in [2.45, 2.75) is 45.1 Å². The van der Waals surface area contributed by atoms with Gasteiger partial charge in [0.2, 0.25) is 0 Å². The van der Waals surface area contributed by atoms with E-state index in [0.29, 0.717) is 12.5 Å². The third-order valence-corrected chi connectivity index (χ3v) is 5.07. The Morgan fingerprint density at radius 2 is 2.25 bits per heavy atom. The smallest absolute Gasteiger partial charge is 0.317 e. The van der Waals surface area contributed by atoms with Crippen LogP contribution in [0.1, 0.15) is 39.0 Å². The minimum Gasteiger partial charge on any atom is -0.391 e. The zero-order valence-electron chi connectivity index (χ0n) is 12.7. The molecule has 1 saturated heterocycles. The van der Waals surface area contributed by atoms with Crippen molar-refractivity contribution in [3.8, 4) is 0 Å². The number of likely N-dealkylation sites (tertiary alicyclic amines) is 1. The molecule has 2 aliphatic rings. The molecule has 2 N–H and O–H groups in total. The zero-order valence-corrected chi connectivity index (χ0v) is 12.7. The first kappa shape index (κ1) is 15.6. The molecule has 0 spiro atoms. The highest BCUT2D eigenvalue weighted by Gasteiger charge is 2.37. The third kappa shape index (κ3) is 3.64. The van der Waals surface area contributed by atoms with Crippen molar-refractivity contribution >= 4 is 6.03 Å². The Labute approximate surface area is 121 Å². The van der Waals surface area contributed by atoms with Gasteiger partial charge < -0.3 is 20.1 Å². The van der Waals surface area contributed by atoms with Gasteiger partial charge in [0.25, 0.3) is 0 Å². The minimum absolute atomic E-state index is 0.0281. The van der Waals surface area contributed by atoms with Gasteiger partial charge in [-0.1, -0.05) is 13.3 Å². The molecule has 116 valence electrons. The van der Waals surface area contributed by atoms with Gasteiger partial charge in [-0.25, -0.2) is 4.79 Å². The summed E-state index contributed by atoms with van der Waals surface area (Å²) in [6, 6.07) is -0.0281. The van der Waals surface area contributed by atoms with Crippen LogP contribution in [0.2, 0.25) is 0 Å². The lowest BCUT2D eigenvalue weighted by Crippen LogP contribution is -2.52. The van der Waals surface area contributed by atoms with Gasteiger partial charge in [0.05, 0.1) is 6.10 Å². The number of rotatable bonds is 5. The number of amides is 2. The first-order valence-electron chi connectivity index (χ1n) is 7.76. The molecule has 2 rings (SSSR count). The summed E-state index contributed by atoms with van der Waals surface area (Å²) in [6.45, 7) is 4.73. The van der Waals surface area contributed by atoms with Gasteiger partial charge in [-0.2, -0.15) is 0 Å². The van der Waals surface area contributed by atoms with E-state index in [1.165, 1.54) is 19.3 Å². The maximum Gasteiger partial charge on any atom is 0.317 e. The van der Waals surface area contributed by atoms with E-state index in [-0.39, 0.29) is 17.6 Å². The second kappa shape index (κ2) is 6.76. The molecule has 0 aromatic carbocycles. The summed E-state index contributed by atoms with van der Waals surface area (Å²) >= 11 is 0. The Morgan fingerprint density at radius 1 is 1.50 bits per heavy atom. The number of hydrogen-bond donors (Lipinski definition) is 2. The molecule has 0 bridgehead atoms. The summed E-state index contributed by atoms with van der Waals surface area (Å²) in [5.74, 6) is 0.290. The highest BCUT2D eigenvalue weighted by molar-refractivity contribution is 5.74. The second-order valence-corrected chi connectivity index (χ2v) is 6.53. The molecular formula is C15H28N2O3. The predicted molar refractivity (Wildman–Crippen MR) is 77.5 cm³/mol. The number of ether oxygens (including phenoxy) is 1. The number of aliphatic hydroxyl groups is 1. The second-order valence-electron chi connectivity index (χ2n) is 6.53. The van der Waals surface area contributed by atoms with Gasteiger partial charge in [-0.3, -0.25) is 0 Å². The van der Waals surface area contributed by atoms with Crippen LogP contribution >= 0.6 is 0 Å². The highest BCUT2D eigenvalue weighted by atomic mass is 16.5. The van der Waals surface area contributed by atoms with Gasteiger partial charge in [0, 0.05) is 33.4 Å². The van der Waals surface area contributed by atoms with Crippen molar-refractivity contribution in [1.29, 1.82) is 0 Å². The highest BCUT2D eigenvalue weighted by Crippen LogP contribution is 2.43. The lowest BCUT2D eigenvalue weighted by Gasteiger charge is -2.43. The van der Waals surface area contributed by atoms with E-state index in [9.17, 15) is 9.90 Å². The molecule has 20 heavy (non-hydrogen) atoms. The maximum absolute atomic E-state index is 12.2. The van der Waals surface area contributed by atoms with Crippen LogP contribution in [0.3, 0.4) is 0 Å². The molecule has 2 atom stereocenters. The van der Waals surface area contributed by atoms with Crippen LogP contribution in [0.4, 0.5) is 4.79 Å². The van der Waals surface area contributed by atoms with Crippen molar-refractivity contribution in [2.24, 2.45) is 11.3 Å². The third-order valence-electron chi connectivity index (χ3n) is 5.07. The number of carbonyl (C=O) groups is 1. The van der Waals surface area contributed by atoms with Crippen molar-refractivity contribution in [3.05, 3.63) is 0 Å². The van der Waals surface area contributed by atoms with E-state index in [0.717, 1.165) is 32.5 Å². The quantitative estimate of drug-likeness (QED) is 0.806. The number of methoxy groups -OCH3 is 1. The fourth-order valence-corrected chi connectivity index (χ4v) is 3.12. The molecule has 2 fully saturated rings. The van der Waals surface area contributed by atoms with Gasteiger partial charge in [-0.15, -0.1) is 0 Å². The lowest BCUT2D eigenvalue weighted by atomic mass is 9.67. The Balaban J connectivity index is 1.77. The first-order valence-corrected chi connectivity index (χ1v) is 7.76. The molecule has 0 aromatic rings. The average Bonchev–Trinajstić information content (AvgIpc) is 2.40. The van der Waals surface area contributed by atoms with Crippen LogP contribution < -0.4 is 5.32 Å². The van der Waals surface area contributed by atoms with Crippen molar-refractivity contribution in [3.63, 3.8) is 0 Å². The van der Waals surface area contributed by atoms with Crippen LogP contribution in [-0.2, 0) is 4.74 Å². The van der Waals surface area contributed by atoms with E-state index < -0.39 is 0 Å². The van der Waals surface area contributed by atoms with Gasteiger partial charge in [0.1, 0.15) is 0 Å². The van der Waals surface area contributed by atoms with Crippen LogP contribution in [0.5, 0.6) is 0 Å². The van der Waals surface area contributed by atoms with Crippen molar-refractivity contribution in [2.75, 3.05) is 33.4 Å². The van der Waals surface area contributed by atoms with E-state index >= 15 is 0 Å². The average molecular weight is 284 g/mol. The standard InChI is InChI=1S/C15H28N2O3/c1-12-4-8-17(10-13(12)18)14(19)16-11-15(5-3-6-15)7-9-20-2/h12-13,18H,3-11H2,1-2H3,(H,16,19). The molecule has 1 saturated carbocycles. The molecule has 0 aromatic heterocycles. The molecule has 5 heteroatoms. The Kier molecular flexibility index (Phi) is 5.27. The van der Waals surface area contributed by atoms with Crippen LogP contribution in [0.15, 0.2) is 0 Å². The molecule has 1 aliphatic carbocycles. The lowest BCUT2D eigenvalue weighted by molar-refractivity contribution is 0.0393. The summed E-state index contributed by atoms with van der Waals surface area (Å²) in [5.41, 5.74) is 0.243. The minimum atomic E-state index is -0.388. The molecular weight excluding hydrogens is 256 g/mol. The van der Waals surface area contributed by atoms with E-state index in [1.54, 1.807) is 12.0 Å². The number of piperidine rings is 1. The maximum atomic E-state index is 12.2. The summed E-state index contributed by atoms with van der Waals surface area (Å²) in [6.07, 6.45) is 5.11. The number of nitrogens with one attached hydrogen (secondary N) is 1. The number of urea groups is 1. The Hall–Kier alpha value is -0.810. The number of aliphatic hydroxyl groups excluding tert-OH is 1. The molecule has 1 heterocycles. The normalized spacial score (nSPS) is 28.9. The fourth-order valence-electron chi connectivity index (χ4n) is 3.12. The van der Waals surface area contributed by atoms with Crippen molar-refractivity contribution in [1.82, 2.24) is 10.2 Å². The number of hydrogen-bond acceptors (Lipinski definition) is 3. The van der Waals surface area contributed by atoms with E-state index in [2.05, 4.69) is 5.32 Å². The van der Waals surface area contributed by atoms with Crippen LogP contribution in [0.25, 0.3) is 0 Å². The SMILES string of the molecule is COCCC1(CNC(=O)N2CCC(C)C(O)C2)CCC1. The molecule has 2 unspecified atom stereocenters. The molecule has 2 amide bonds. The topological polar surface area (TPSA) is 61.8 Å². The predicted octanol–water partition coefficient (Wildman–Crippen LogP) is 1.61. The monoisotopic (exact) mass is 284 g/mol. The van der Waals surface area contributed by atoms with Crippen LogP contribution in [0, 0.1) is 11.3 Å². The molecule has 5 nitrogen and oxygen atoms in total. The molecule has 1 aliphatic heterocycles. The Morgan fingerprint density at radius 3 is 2.80 bits per heavy atom. The van der Waals surface area contributed by atoms with Gasteiger partial charge in [-0.05, 0) is 37.0 Å². The summed E-state index contributed by atoms with van der Waals surface area (Å²) in [5, 5.41) is 12.9. The van der Waals surface area contributed by atoms with Crippen LogP contribution in [-0.4, -0.2) is 55.5 Å². The fraction of sp³-hybridized carbons (Fsp3) is 0.933. The van der Waals surface area contributed by atoms with Crippen molar-refractivity contribution < 1.29 is 14.6 Å². The van der Waals surface area contributed by atoms with Gasteiger partial charge in [0.15, 0.2) is 0 Å². The first-order chi connectivity index (χ1) is 9.56. The number of β-amino-alcohol motifs (C(OH)–C–C–N with tert-alkyl or cyclic N) is 1. The Bertz CT molecular complexity index is 331. The zero-order chi connectivity index (χ0) is 14.6. The molecule has 0 radical (unpaired) electrons. The number of nitrogens with zero attached hydrogens (tertiary/aromatic N) is 1.